The maximum absolute atomic E-state index is 10.5. The average molecular weight is 265 g/mol. The summed E-state index contributed by atoms with van der Waals surface area (Å²) in [4.78, 5) is 8.15. The fourth-order valence-electron chi connectivity index (χ4n) is 2.36. The van der Waals surface area contributed by atoms with Gasteiger partial charge in [-0.25, -0.2) is 4.98 Å². The third kappa shape index (κ3) is 2.46. The van der Waals surface area contributed by atoms with Crippen LogP contribution < -0.4 is 5.73 Å². The summed E-state index contributed by atoms with van der Waals surface area (Å²) in [5, 5.41) is 12.5. The number of rotatable bonds is 3. The maximum Gasteiger partial charge on any atom is 0.123 e. The van der Waals surface area contributed by atoms with Crippen molar-refractivity contribution in [2.75, 3.05) is 5.73 Å². The zero-order valence-electron chi connectivity index (χ0n) is 10.9. The second-order valence-electron chi connectivity index (χ2n) is 4.76. The first-order valence-corrected chi connectivity index (χ1v) is 6.45. The van der Waals surface area contributed by atoms with Gasteiger partial charge >= 0.3 is 0 Å². The van der Waals surface area contributed by atoms with Crippen LogP contribution in [0.2, 0.25) is 0 Å². The molecule has 0 radical (unpaired) electrons. The minimum Gasteiger partial charge on any atom is -0.388 e. The van der Waals surface area contributed by atoms with Crippen molar-refractivity contribution in [1.82, 2.24) is 9.97 Å². The van der Waals surface area contributed by atoms with Crippen molar-refractivity contribution in [3.63, 3.8) is 0 Å². The number of nitrogens with two attached hydrogens (primary N) is 1. The van der Waals surface area contributed by atoms with Crippen molar-refractivity contribution < 1.29 is 5.11 Å². The molecule has 4 heteroatoms. The third-order valence-electron chi connectivity index (χ3n) is 3.33. The zero-order chi connectivity index (χ0) is 13.9. The summed E-state index contributed by atoms with van der Waals surface area (Å²) in [5.74, 6) is 0.464. The molecule has 0 saturated heterocycles. The number of benzene rings is 1. The van der Waals surface area contributed by atoms with Crippen LogP contribution in [0.5, 0.6) is 0 Å². The second kappa shape index (κ2) is 5.27. The first kappa shape index (κ1) is 12.6. The molecule has 0 saturated carbocycles. The number of anilines is 1. The van der Waals surface area contributed by atoms with Gasteiger partial charge in [0.05, 0.1) is 6.10 Å². The van der Waals surface area contributed by atoms with Crippen LogP contribution >= 0.6 is 0 Å². The van der Waals surface area contributed by atoms with Gasteiger partial charge in [0.15, 0.2) is 0 Å². The highest BCUT2D eigenvalue weighted by Crippen LogP contribution is 2.25. The number of pyridine rings is 2. The van der Waals surface area contributed by atoms with Crippen LogP contribution in [0.3, 0.4) is 0 Å². The lowest BCUT2D eigenvalue weighted by atomic mass is 9.99. The monoisotopic (exact) mass is 265 g/mol. The number of aliphatic hydroxyl groups is 1. The van der Waals surface area contributed by atoms with Gasteiger partial charge in [-0.15, -0.1) is 0 Å². The Morgan fingerprint density at radius 1 is 1.15 bits per heavy atom. The van der Waals surface area contributed by atoms with E-state index >= 15 is 0 Å². The van der Waals surface area contributed by atoms with Gasteiger partial charge < -0.3 is 10.8 Å². The summed E-state index contributed by atoms with van der Waals surface area (Å²) in [5.41, 5.74) is 7.45. The molecule has 0 aliphatic carbocycles. The first-order valence-electron chi connectivity index (χ1n) is 6.45. The number of fused-ring (bicyclic) bond motifs is 1. The smallest absolute Gasteiger partial charge is 0.123 e. The second-order valence-corrected chi connectivity index (χ2v) is 4.76. The van der Waals surface area contributed by atoms with Gasteiger partial charge in [0, 0.05) is 36.0 Å². The lowest BCUT2D eigenvalue weighted by Gasteiger charge is -2.13. The largest absolute Gasteiger partial charge is 0.388 e. The Kier molecular flexibility index (Phi) is 3.31. The number of hydrogen-bond acceptors (Lipinski definition) is 4. The molecular weight excluding hydrogens is 250 g/mol. The van der Waals surface area contributed by atoms with Gasteiger partial charge in [-0.2, -0.15) is 0 Å². The van der Waals surface area contributed by atoms with Gasteiger partial charge in [0.2, 0.25) is 0 Å². The topological polar surface area (TPSA) is 72.0 Å². The van der Waals surface area contributed by atoms with Crippen LogP contribution in [0, 0.1) is 0 Å². The van der Waals surface area contributed by atoms with Crippen LogP contribution in [-0.4, -0.2) is 15.1 Å². The Balaban J connectivity index is 1.94. The van der Waals surface area contributed by atoms with Crippen molar-refractivity contribution in [2.45, 2.75) is 12.5 Å². The number of aromatic nitrogens is 2. The minimum atomic E-state index is -0.615. The van der Waals surface area contributed by atoms with E-state index in [9.17, 15) is 5.11 Å². The Bertz CT molecular complexity index is 737. The maximum atomic E-state index is 10.5. The Labute approximate surface area is 116 Å². The van der Waals surface area contributed by atoms with Gasteiger partial charge in [0.25, 0.3) is 0 Å². The van der Waals surface area contributed by atoms with Crippen LogP contribution in [-0.2, 0) is 6.42 Å². The molecule has 3 rings (SSSR count). The minimum absolute atomic E-state index is 0.464. The molecule has 2 heterocycles. The van der Waals surface area contributed by atoms with E-state index in [2.05, 4.69) is 9.97 Å². The molecule has 3 N–H and O–H groups in total. The van der Waals surface area contributed by atoms with E-state index in [1.54, 1.807) is 24.7 Å². The molecule has 100 valence electrons. The molecule has 0 amide bonds. The molecule has 3 aromatic rings. The van der Waals surface area contributed by atoms with Crippen molar-refractivity contribution >= 4 is 16.6 Å². The SMILES string of the molecule is Nc1cc(CC(O)c2cncc3ccccc23)ccn1. The summed E-state index contributed by atoms with van der Waals surface area (Å²) < 4.78 is 0. The lowest BCUT2D eigenvalue weighted by molar-refractivity contribution is 0.179. The van der Waals surface area contributed by atoms with Gasteiger partial charge in [-0.05, 0) is 23.1 Å². The van der Waals surface area contributed by atoms with E-state index in [1.165, 1.54) is 0 Å². The number of hydrogen-bond donors (Lipinski definition) is 2. The quantitative estimate of drug-likeness (QED) is 0.763. The predicted octanol–water partition coefficient (Wildman–Crippen LogP) is 2.49. The third-order valence-corrected chi connectivity index (χ3v) is 3.33. The summed E-state index contributed by atoms with van der Waals surface area (Å²) in [6.07, 6.45) is 5.05. The van der Waals surface area contributed by atoms with Crippen LogP contribution in [0.25, 0.3) is 10.8 Å². The highest BCUT2D eigenvalue weighted by atomic mass is 16.3. The molecule has 0 bridgehead atoms. The van der Waals surface area contributed by atoms with Crippen LogP contribution in [0.4, 0.5) is 5.82 Å². The summed E-state index contributed by atoms with van der Waals surface area (Å²) >= 11 is 0. The van der Waals surface area contributed by atoms with Crippen molar-refractivity contribution in [3.8, 4) is 0 Å². The average Bonchev–Trinajstić information content (AvgIpc) is 2.46. The van der Waals surface area contributed by atoms with E-state index < -0.39 is 6.10 Å². The van der Waals surface area contributed by atoms with Crippen molar-refractivity contribution in [2.24, 2.45) is 0 Å². The van der Waals surface area contributed by atoms with Crippen LogP contribution in [0.15, 0.2) is 55.0 Å². The molecule has 0 aliphatic heterocycles. The number of aliphatic hydroxyl groups excluding tert-OH is 1. The van der Waals surface area contributed by atoms with Gasteiger partial charge in [0.1, 0.15) is 5.82 Å². The van der Waals surface area contributed by atoms with E-state index in [1.807, 2.05) is 30.3 Å². The van der Waals surface area contributed by atoms with E-state index in [-0.39, 0.29) is 0 Å². The normalized spacial score (nSPS) is 12.4. The Morgan fingerprint density at radius 3 is 2.85 bits per heavy atom. The predicted molar refractivity (Wildman–Crippen MR) is 79.1 cm³/mol. The summed E-state index contributed by atoms with van der Waals surface area (Å²) in [6.45, 7) is 0. The number of nitrogens with zero attached hydrogens (tertiary/aromatic N) is 2. The van der Waals surface area contributed by atoms with Gasteiger partial charge in [-0.1, -0.05) is 24.3 Å². The molecule has 2 aromatic heterocycles. The Hall–Kier alpha value is -2.46. The standard InChI is InChI=1S/C16H15N3O/c17-16-8-11(5-6-19-16)7-15(20)14-10-18-9-12-3-1-2-4-13(12)14/h1-6,8-10,15,20H,7H2,(H2,17,19). The summed E-state index contributed by atoms with van der Waals surface area (Å²) in [7, 11) is 0. The first-order chi connectivity index (χ1) is 9.74. The van der Waals surface area contributed by atoms with E-state index in [0.29, 0.717) is 12.2 Å². The van der Waals surface area contributed by atoms with Crippen LogP contribution in [0.1, 0.15) is 17.2 Å². The van der Waals surface area contributed by atoms with E-state index in [4.69, 9.17) is 5.73 Å². The fraction of sp³-hybridized carbons (Fsp3) is 0.125. The molecule has 1 aromatic carbocycles. The highest BCUT2D eigenvalue weighted by molar-refractivity contribution is 5.84. The van der Waals surface area contributed by atoms with Gasteiger partial charge in [-0.3, -0.25) is 4.98 Å². The lowest BCUT2D eigenvalue weighted by Crippen LogP contribution is -2.04. The molecule has 0 aliphatic rings. The number of nitrogen functional groups attached to an aromatic ring is 1. The molecular formula is C16H15N3O. The molecule has 20 heavy (non-hydrogen) atoms. The molecule has 0 spiro atoms. The van der Waals surface area contributed by atoms with Crippen molar-refractivity contribution in [3.05, 3.63) is 66.1 Å². The molecule has 1 atom stereocenters. The highest BCUT2D eigenvalue weighted by Gasteiger charge is 2.12. The Morgan fingerprint density at radius 2 is 2.00 bits per heavy atom. The molecule has 4 nitrogen and oxygen atoms in total. The van der Waals surface area contributed by atoms with E-state index in [0.717, 1.165) is 21.9 Å². The molecule has 1 unspecified atom stereocenters. The zero-order valence-corrected chi connectivity index (χ0v) is 10.9. The van der Waals surface area contributed by atoms with Crippen molar-refractivity contribution in [1.29, 1.82) is 0 Å². The summed E-state index contributed by atoms with van der Waals surface area (Å²) in [6, 6.07) is 11.5. The fourth-order valence-corrected chi connectivity index (χ4v) is 2.36. The molecule has 0 fully saturated rings.